The van der Waals surface area contributed by atoms with Gasteiger partial charge in [-0.15, -0.1) is 0 Å². The van der Waals surface area contributed by atoms with E-state index in [-0.39, 0.29) is 6.03 Å². The molecular weight excluding hydrogens is 342 g/mol. The van der Waals surface area contributed by atoms with Crippen LogP contribution in [-0.4, -0.2) is 37.8 Å². The van der Waals surface area contributed by atoms with Crippen molar-refractivity contribution in [3.8, 4) is 11.5 Å². The van der Waals surface area contributed by atoms with E-state index in [1.807, 2.05) is 54.6 Å². The van der Waals surface area contributed by atoms with Crippen molar-refractivity contribution in [2.75, 3.05) is 26.8 Å². The van der Waals surface area contributed by atoms with E-state index in [0.29, 0.717) is 19.7 Å². The summed E-state index contributed by atoms with van der Waals surface area (Å²) < 4.78 is 10.9. The average Bonchev–Trinajstić information content (AvgIpc) is 2.71. The van der Waals surface area contributed by atoms with Gasteiger partial charge >= 0.3 is 6.03 Å². The summed E-state index contributed by atoms with van der Waals surface area (Å²) >= 11 is 0. The summed E-state index contributed by atoms with van der Waals surface area (Å²) in [6.45, 7) is 1.38. The van der Waals surface area contributed by atoms with Gasteiger partial charge < -0.3 is 20.1 Å². The Hall–Kier alpha value is -3.28. The molecule has 1 heterocycles. The number of carbonyl (C=O) groups excluding carboxylic acids is 1. The average molecular weight is 365 g/mol. The number of aromatic nitrogens is 1. The molecular formula is C21H23N3O3. The third kappa shape index (κ3) is 5.60. The number of rotatable bonds is 8. The molecule has 0 aliphatic carbocycles. The minimum Gasteiger partial charge on any atom is -0.497 e. The van der Waals surface area contributed by atoms with Gasteiger partial charge in [0.1, 0.15) is 18.1 Å². The predicted molar refractivity (Wildman–Crippen MR) is 105 cm³/mol. The zero-order valence-corrected chi connectivity index (χ0v) is 15.3. The third-order valence-electron chi connectivity index (χ3n) is 4.06. The van der Waals surface area contributed by atoms with E-state index >= 15 is 0 Å². The van der Waals surface area contributed by atoms with Crippen LogP contribution in [0.2, 0.25) is 0 Å². The smallest absolute Gasteiger partial charge is 0.314 e. The second kappa shape index (κ2) is 9.43. The fraction of sp³-hybridized carbons (Fsp3) is 0.238. The maximum absolute atomic E-state index is 11.8. The first-order chi connectivity index (χ1) is 13.2. The molecule has 3 rings (SSSR count). The van der Waals surface area contributed by atoms with Gasteiger partial charge in [0, 0.05) is 18.1 Å². The van der Waals surface area contributed by atoms with Gasteiger partial charge in [-0.1, -0.05) is 18.2 Å². The monoisotopic (exact) mass is 365 g/mol. The van der Waals surface area contributed by atoms with Crippen LogP contribution in [0.15, 0.2) is 60.8 Å². The molecule has 6 heteroatoms. The normalized spacial score (nSPS) is 10.4. The van der Waals surface area contributed by atoms with Gasteiger partial charge in [-0.2, -0.15) is 0 Å². The van der Waals surface area contributed by atoms with Crippen molar-refractivity contribution in [2.45, 2.75) is 6.42 Å². The van der Waals surface area contributed by atoms with E-state index in [2.05, 4.69) is 15.6 Å². The number of hydrogen-bond acceptors (Lipinski definition) is 4. The van der Waals surface area contributed by atoms with Crippen molar-refractivity contribution in [2.24, 2.45) is 0 Å². The molecule has 0 radical (unpaired) electrons. The lowest BCUT2D eigenvalue weighted by Gasteiger charge is -2.10. The number of hydrogen-bond donors (Lipinski definition) is 2. The largest absolute Gasteiger partial charge is 0.497 e. The van der Waals surface area contributed by atoms with Crippen LogP contribution in [0.3, 0.4) is 0 Å². The number of carbonyl (C=O) groups is 1. The molecule has 0 saturated carbocycles. The summed E-state index contributed by atoms with van der Waals surface area (Å²) in [5.74, 6) is 1.58. The molecule has 2 amide bonds. The van der Waals surface area contributed by atoms with Crippen molar-refractivity contribution in [1.82, 2.24) is 15.6 Å². The second-order valence-corrected chi connectivity index (χ2v) is 5.99. The molecule has 6 nitrogen and oxygen atoms in total. The summed E-state index contributed by atoms with van der Waals surface area (Å²) in [7, 11) is 1.64. The van der Waals surface area contributed by atoms with Crippen LogP contribution < -0.4 is 20.1 Å². The number of nitrogens with zero attached hydrogens (tertiary/aromatic N) is 1. The molecule has 0 aliphatic heterocycles. The van der Waals surface area contributed by atoms with Crippen molar-refractivity contribution >= 4 is 16.9 Å². The summed E-state index contributed by atoms with van der Waals surface area (Å²) in [6.07, 6.45) is 2.51. The van der Waals surface area contributed by atoms with Crippen LogP contribution in [0.1, 0.15) is 5.56 Å². The molecule has 0 unspecified atom stereocenters. The topological polar surface area (TPSA) is 72.5 Å². The molecule has 2 aromatic carbocycles. The van der Waals surface area contributed by atoms with Crippen LogP contribution in [0.5, 0.6) is 11.5 Å². The Balaban J connectivity index is 1.34. The zero-order chi connectivity index (χ0) is 18.9. The van der Waals surface area contributed by atoms with Gasteiger partial charge in [0.05, 0.1) is 19.2 Å². The Kier molecular flexibility index (Phi) is 6.46. The highest BCUT2D eigenvalue weighted by molar-refractivity contribution is 5.79. The van der Waals surface area contributed by atoms with Crippen LogP contribution in [0.25, 0.3) is 10.9 Å². The van der Waals surface area contributed by atoms with Gasteiger partial charge in [-0.05, 0) is 48.4 Å². The SMILES string of the molecule is COc1cccc(CCNC(=O)NCCOc2ccc3ncccc3c2)c1. The molecule has 3 aromatic rings. The molecule has 0 aliphatic rings. The number of urea groups is 1. The van der Waals surface area contributed by atoms with Gasteiger partial charge in [0.15, 0.2) is 0 Å². The first kappa shape index (κ1) is 18.5. The second-order valence-electron chi connectivity index (χ2n) is 5.99. The molecule has 0 atom stereocenters. The standard InChI is InChI=1S/C21H23N3O3/c1-26-18-6-2-4-16(14-18)9-11-23-21(25)24-12-13-27-19-7-8-20-17(15-19)5-3-10-22-20/h2-8,10,14-15H,9,11-13H2,1H3,(H2,23,24,25). The van der Waals surface area contributed by atoms with Gasteiger partial charge in [0.25, 0.3) is 0 Å². The molecule has 0 bridgehead atoms. The molecule has 0 fully saturated rings. The van der Waals surface area contributed by atoms with Crippen LogP contribution in [0, 0.1) is 0 Å². The zero-order valence-electron chi connectivity index (χ0n) is 15.3. The Labute approximate surface area is 158 Å². The van der Waals surface area contributed by atoms with E-state index in [0.717, 1.165) is 34.4 Å². The quantitative estimate of drug-likeness (QED) is 0.602. The Morgan fingerprint density at radius 1 is 1.00 bits per heavy atom. The number of methoxy groups -OCH3 is 1. The van der Waals surface area contributed by atoms with E-state index in [1.54, 1.807) is 13.3 Å². The summed E-state index contributed by atoms with van der Waals surface area (Å²) in [5.41, 5.74) is 2.04. The Bertz CT molecular complexity index is 898. The number of benzene rings is 2. The number of ether oxygens (including phenoxy) is 2. The molecule has 27 heavy (non-hydrogen) atoms. The minimum absolute atomic E-state index is 0.204. The highest BCUT2D eigenvalue weighted by atomic mass is 16.5. The molecule has 0 saturated heterocycles. The highest BCUT2D eigenvalue weighted by Crippen LogP contribution is 2.18. The van der Waals surface area contributed by atoms with Gasteiger partial charge in [-0.3, -0.25) is 4.98 Å². The Morgan fingerprint density at radius 3 is 2.78 bits per heavy atom. The molecule has 1 aromatic heterocycles. The van der Waals surface area contributed by atoms with Gasteiger partial charge in [-0.25, -0.2) is 4.79 Å². The lowest BCUT2D eigenvalue weighted by atomic mass is 10.1. The number of amides is 2. The van der Waals surface area contributed by atoms with Crippen molar-refractivity contribution in [3.05, 3.63) is 66.4 Å². The highest BCUT2D eigenvalue weighted by Gasteiger charge is 2.02. The van der Waals surface area contributed by atoms with Crippen molar-refractivity contribution in [3.63, 3.8) is 0 Å². The third-order valence-corrected chi connectivity index (χ3v) is 4.06. The summed E-state index contributed by atoms with van der Waals surface area (Å²) in [6, 6.07) is 17.2. The van der Waals surface area contributed by atoms with Crippen LogP contribution in [-0.2, 0) is 6.42 Å². The molecule has 140 valence electrons. The maximum atomic E-state index is 11.8. The lowest BCUT2D eigenvalue weighted by Crippen LogP contribution is -2.38. The summed E-state index contributed by atoms with van der Waals surface area (Å²) in [4.78, 5) is 16.1. The summed E-state index contributed by atoms with van der Waals surface area (Å²) in [5, 5.41) is 6.65. The lowest BCUT2D eigenvalue weighted by molar-refractivity contribution is 0.236. The predicted octanol–water partition coefficient (Wildman–Crippen LogP) is 3.16. The first-order valence-electron chi connectivity index (χ1n) is 8.87. The van der Waals surface area contributed by atoms with E-state index < -0.39 is 0 Å². The fourth-order valence-corrected chi connectivity index (χ4v) is 2.69. The minimum atomic E-state index is -0.204. The molecule has 0 spiro atoms. The van der Waals surface area contributed by atoms with Crippen molar-refractivity contribution < 1.29 is 14.3 Å². The van der Waals surface area contributed by atoms with Crippen LogP contribution >= 0.6 is 0 Å². The first-order valence-corrected chi connectivity index (χ1v) is 8.87. The van der Waals surface area contributed by atoms with Gasteiger partial charge in [0.2, 0.25) is 0 Å². The van der Waals surface area contributed by atoms with E-state index in [4.69, 9.17) is 9.47 Å². The Morgan fingerprint density at radius 2 is 1.89 bits per heavy atom. The van der Waals surface area contributed by atoms with E-state index in [9.17, 15) is 4.79 Å². The van der Waals surface area contributed by atoms with E-state index in [1.165, 1.54) is 0 Å². The number of fused-ring (bicyclic) bond motifs is 1. The number of pyridine rings is 1. The fourth-order valence-electron chi connectivity index (χ4n) is 2.69. The number of nitrogens with one attached hydrogen (secondary N) is 2. The van der Waals surface area contributed by atoms with Crippen LogP contribution in [0.4, 0.5) is 4.79 Å². The maximum Gasteiger partial charge on any atom is 0.314 e. The molecule has 2 N–H and O–H groups in total. The van der Waals surface area contributed by atoms with Crippen molar-refractivity contribution in [1.29, 1.82) is 0 Å².